The van der Waals surface area contributed by atoms with Crippen molar-refractivity contribution in [1.82, 2.24) is 4.98 Å². The first-order chi connectivity index (χ1) is 7.54. The van der Waals surface area contributed by atoms with Crippen molar-refractivity contribution in [3.8, 4) is 0 Å². The number of aryl methyl sites for hydroxylation is 1. The Balaban J connectivity index is 2.67. The Morgan fingerprint density at radius 1 is 1.19 bits per heavy atom. The van der Waals surface area contributed by atoms with E-state index in [1.807, 2.05) is 32.0 Å². The number of fused-ring (bicyclic) bond motifs is 1. The third kappa shape index (κ3) is 1.81. The highest BCUT2D eigenvalue weighted by Gasteiger charge is 2.21. The van der Waals surface area contributed by atoms with E-state index < -0.39 is 0 Å². The molecule has 2 rings (SSSR count). The minimum atomic E-state index is -0.339. The van der Waals surface area contributed by atoms with Crippen LogP contribution < -0.4 is 0 Å². The number of pyridine rings is 1. The zero-order chi connectivity index (χ0) is 11.8. The predicted molar refractivity (Wildman–Crippen MR) is 66.5 cm³/mol. The van der Waals surface area contributed by atoms with Crippen LogP contribution in [0.4, 0.5) is 0 Å². The summed E-state index contributed by atoms with van der Waals surface area (Å²) < 4.78 is 5.47. The molecule has 0 aliphatic heterocycles. The van der Waals surface area contributed by atoms with Crippen molar-refractivity contribution >= 4 is 10.9 Å². The van der Waals surface area contributed by atoms with Crippen molar-refractivity contribution in [2.75, 3.05) is 7.11 Å². The van der Waals surface area contributed by atoms with Gasteiger partial charge in [-0.25, -0.2) is 4.98 Å². The van der Waals surface area contributed by atoms with Gasteiger partial charge in [-0.15, -0.1) is 0 Å². The summed E-state index contributed by atoms with van der Waals surface area (Å²) in [6, 6.07) is 10.3. The van der Waals surface area contributed by atoms with Gasteiger partial charge < -0.3 is 4.74 Å². The van der Waals surface area contributed by atoms with E-state index in [1.54, 1.807) is 7.11 Å². The van der Waals surface area contributed by atoms with Crippen LogP contribution in [-0.4, -0.2) is 12.1 Å². The van der Waals surface area contributed by atoms with Crippen molar-refractivity contribution in [1.29, 1.82) is 0 Å². The Morgan fingerprint density at radius 2 is 1.88 bits per heavy atom. The fourth-order valence-electron chi connectivity index (χ4n) is 1.76. The lowest BCUT2D eigenvalue weighted by molar-refractivity contribution is 0.0157. The van der Waals surface area contributed by atoms with E-state index in [1.165, 1.54) is 10.9 Å². The van der Waals surface area contributed by atoms with Crippen molar-refractivity contribution in [3.63, 3.8) is 0 Å². The van der Waals surface area contributed by atoms with Gasteiger partial charge in [-0.1, -0.05) is 18.2 Å². The predicted octanol–water partition coefficient (Wildman–Crippen LogP) is 3.42. The van der Waals surface area contributed by atoms with E-state index >= 15 is 0 Å². The van der Waals surface area contributed by atoms with Gasteiger partial charge in [-0.3, -0.25) is 0 Å². The number of ether oxygens (including phenoxy) is 1. The normalized spacial score (nSPS) is 12.0. The molecule has 1 aromatic heterocycles. The van der Waals surface area contributed by atoms with Gasteiger partial charge >= 0.3 is 0 Å². The number of nitrogens with zero attached hydrogens (tertiary/aromatic N) is 1. The van der Waals surface area contributed by atoms with Crippen LogP contribution >= 0.6 is 0 Å². The molecule has 0 bridgehead atoms. The van der Waals surface area contributed by atoms with Crippen molar-refractivity contribution in [3.05, 3.63) is 41.6 Å². The lowest BCUT2D eigenvalue weighted by atomic mass is 10.00. The van der Waals surface area contributed by atoms with Crippen LogP contribution in [0.1, 0.15) is 25.1 Å². The summed E-state index contributed by atoms with van der Waals surface area (Å²) in [6.07, 6.45) is 0. The summed E-state index contributed by atoms with van der Waals surface area (Å²) in [7, 11) is 1.71. The number of para-hydroxylation sites is 1. The van der Waals surface area contributed by atoms with Gasteiger partial charge in [0.1, 0.15) is 5.60 Å². The largest absolute Gasteiger partial charge is 0.373 e. The first-order valence-electron chi connectivity index (χ1n) is 5.46. The molecule has 84 valence electrons. The van der Waals surface area contributed by atoms with E-state index in [0.717, 1.165) is 11.2 Å². The molecule has 0 aliphatic rings. The molecule has 0 atom stereocenters. The maximum Gasteiger partial charge on any atom is 0.104 e. The second kappa shape index (κ2) is 3.87. The summed E-state index contributed by atoms with van der Waals surface area (Å²) in [4.78, 5) is 4.65. The van der Waals surface area contributed by atoms with E-state index in [0.29, 0.717) is 0 Å². The van der Waals surface area contributed by atoms with Gasteiger partial charge in [0, 0.05) is 12.5 Å². The maximum atomic E-state index is 5.47. The Bertz CT molecular complexity index is 517. The van der Waals surface area contributed by atoms with Crippen LogP contribution in [0.3, 0.4) is 0 Å². The topological polar surface area (TPSA) is 22.1 Å². The standard InChI is InChI=1S/C14H17NO/c1-10-9-13(14(2,3)16-4)15-12-8-6-5-7-11(10)12/h5-9H,1-4H3. The molecule has 0 saturated heterocycles. The molecule has 0 amide bonds. The number of rotatable bonds is 2. The van der Waals surface area contributed by atoms with Gasteiger partial charge in [0.15, 0.2) is 0 Å². The number of hydrogen-bond acceptors (Lipinski definition) is 2. The van der Waals surface area contributed by atoms with Crippen LogP contribution in [0.2, 0.25) is 0 Å². The molecule has 0 aliphatic carbocycles. The molecular weight excluding hydrogens is 198 g/mol. The SMILES string of the molecule is COC(C)(C)c1cc(C)c2ccccc2n1. The second-order valence-electron chi connectivity index (χ2n) is 4.56. The van der Waals surface area contributed by atoms with Gasteiger partial charge in [-0.05, 0) is 38.5 Å². The quantitative estimate of drug-likeness (QED) is 0.765. The average molecular weight is 215 g/mol. The molecule has 0 unspecified atom stereocenters. The van der Waals surface area contributed by atoms with Crippen LogP contribution in [0.5, 0.6) is 0 Å². The van der Waals surface area contributed by atoms with E-state index in [-0.39, 0.29) is 5.60 Å². The van der Waals surface area contributed by atoms with Crippen LogP contribution in [-0.2, 0) is 10.3 Å². The molecule has 2 nitrogen and oxygen atoms in total. The van der Waals surface area contributed by atoms with E-state index in [9.17, 15) is 0 Å². The van der Waals surface area contributed by atoms with E-state index in [2.05, 4.69) is 24.0 Å². The van der Waals surface area contributed by atoms with Crippen molar-refractivity contribution in [2.24, 2.45) is 0 Å². The van der Waals surface area contributed by atoms with Crippen LogP contribution in [0.25, 0.3) is 10.9 Å². The summed E-state index contributed by atoms with van der Waals surface area (Å²) in [5, 5.41) is 1.21. The highest BCUT2D eigenvalue weighted by Crippen LogP contribution is 2.26. The van der Waals surface area contributed by atoms with E-state index in [4.69, 9.17) is 4.74 Å². The molecule has 2 aromatic rings. The zero-order valence-electron chi connectivity index (χ0n) is 10.2. The fraction of sp³-hybridized carbons (Fsp3) is 0.357. The average Bonchev–Trinajstić information content (AvgIpc) is 2.29. The summed E-state index contributed by atoms with van der Waals surface area (Å²) in [6.45, 7) is 6.17. The minimum absolute atomic E-state index is 0.339. The summed E-state index contributed by atoms with van der Waals surface area (Å²) >= 11 is 0. The molecular formula is C14H17NO. The Labute approximate surface area is 96.3 Å². The molecule has 1 heterocycles. The highest BCUT2D eigenvalue weighted by atomic mass is 16.5. The molecule has 0 N–H and O–H groups in total. The highest BCUT2D eigenvalue weighted by molar-refractivity contribution is 5.82. The van der Waals surface area contributed by atoms with Crippen molar-refractivity contribution in [2.45, 2.75) is 26.4 Å². The number of methoxy groups -OCH3 is 1. The Kier molecular flexibility index (Phi) is 2.68. The van der Waals surface area contributed by atoms with Gasteiger partial charge in [0.05, 0.1) is 11.2 Å². The second-order valence-corrected chi connectivity index (χ2v) is 4.56. The molecule has 1 aromatic carbocycles. The number of aromatic nitrogens is 1. The maximum absolute atomic E-state index is 5.47. The third-order valence-electron chi connectivity index (χ3n) is 3.05. The van der Waals surface area contributed by atoms with Crippen LogP contribution in [0, 0.1) is 6.92 Å². The molecule has 0 spiro atoms. The molecule has 2 heteroatoms. The molecule has 0 saturated carbocycles. The minimum Gasteiger partial charge on any atom is -0.373 e. The molecule has 0 fully saturated rings. The Hall–Kier alpha value is -1.41. The van der Waals surface area contributed by atoms with Gasteiger partial charge in [0.2, 0.25) is 0 Å². The molecule has 0 radical (unpaired) electrons. The van der Waals surface area contributed by atoms with Crippen molar-refractivity contribution < 1.29 is 4.74 Å². The first-order valence-corrected chi connectivity index (χ1v) is 5.46. The summed E-state index contributed by atoms with van der Waals surface area (Å²) in [5.74, 6) is 0. The zero-order valence-corrected chi connectivity index (χ0v) is 10.2. The van der Waals surface area contributed by atoms with Gasteiger partial charge in [-0.2, -0.15) is 0 Å². The molecule has 16 heavy (non-hydrogen) atoms. The third-order valence-corrected chi connectivity index (χ3v) is 3.05. The fourth-order valence-corrected chi connectivity index (χ4v) is 1.76. The lowest BCUT2D eigenvalue weighted by Crippen LogP contribution is -2.21. The monoisotopic (exact) mass is 215 g/mol. The lowest BCUT2D eigenvalue weighted by Gasteiger charge is -2.23. The smallest absolute Gasteiger partial charge is 0.104 e. The Morgan fingerprint density at radius 3 is 2.56 bits per heavy atom. The first kappa shape index (κ1) is 11.1. The van der Waals surface area contributed by atoms with Gasteiger partial charge in [0.25, 0.3) is 0 Å². The number of benzene rings is 1. The van der Waals surface area contributed by atoms with Crippen LogP contribution in [0.15, 0.2) is 30.3 Å². The summed E-state index contributed by atoms with van der Waals surface area (Å²) in [5.41, 5.74) is 2.91. The number of hydrogen-bond donors (Lipinski definition) is 0.